The number of hydrogen-bond acceptors (Lipinski definition) is 3. The molecular weight excluding hydrogens is 285 g/mol. The Kier molecular flexibility index (Phi) is 3.89. The summed E-state index contributed by atoms with van der Waals surface area (Å²) in [5.74, 6) is -9.01. The number of sulfone groups is 1. The molecule has 1 heterocycles. The molecule has 1 N–H and O–H groups in total. The second-order valence-corrected chi connectivity index (χ2v) is 6.28. The Labute approximate surface area is 99.5 Å². The van der Waals surface area contributed by atoms with Crippen LogP contribution in [0.1, 0.15) is 6.42 Å². The Balaban J connectivity index is 2.53. The minimum Gasteiger partial charge on any atom is -0.350 e. The topological polar surface area (TPSA) is 63.2 Å². The van der Waals surface area contributed by atoms with E-state index in [4.69, 9.17) is 0 Å². The van der Waals surface area contributed by atoms with Crippen molar-refractivity contribution >= 4 is 15.7 Å². The van der Waals surface area contributed by atoms with Crippen LogP contribution in [0.15, 0.2) is 0 Å². The van der Waals surface area contributed by atoms with Gasteiger partial charge in [0.15, 0.2) is 9.84 Å². The Morgan fingerprint density at radius 3 is 2.17 bits per heavy atom. The molecule has 1 atom stereocenters. The Morgan fingerprint density at radius 1 is 1.22 bits per heavy atom. The van der Waals surface area contributed by atoms with E-state index in [9.17, 15) is 35.2 Å². The van der Waals surface area contributed by atoms with E-state index in [1.54, 1.807) is 0 Å². The molecule has 1 rings (SSSR count). The van der Waals surface area contributed by atoms with Gasteiger partial charge in [-0.05, 0) is 12.3 Å². The zero-order chi connectivity index (χ0) is 14.2. The summed E-state index contributed by atoms with van der Waals surface area (Å²) >= 11 is 0. The Bertz CT molecular complexity index is 431. The lowest BCUT2D eigenvalue weighted by molar-refractivity contribution is -0.269. The fraction of sp³-hybridized carbons (Fsp3) is 0.875. The molecular formula is C8H10F5NO3S. The molecule has 18 heavy (non-hydrogen) atoms. The van der Waals surface area contributed by atoms with Gasteiger partial charge in [-0.15, -0.1) is 0 Å². The maximum Gasteiger partial charge on any atom is 0.463 e. The van der Waals surface area contributed by atoms with Gasteiger partial charge in [0, 0.05) is 6.54 Å². The third-order valence-electron chi connectivity index (χ3n) is 2.52. The normalized spacial score (nSPS) is 23.9. The van der Waals surface area contributed by atoms with E-state index in [1.165, 1.54) is 5.32 Å². The lowest BCUT2D eigenvalue weighted by Gasteiger charge is -2.19. The van der Waals surface area contributed by atoms with Gasteiger partial charge in [-0.1, -0.05) is 0 Å². The molecule has 0 radical (unpaired) electrons. The highest BCUT2D eigenvalue weighted by atomic mass is 32.2. The van der Waals surface area contributed by atoms with Crippen LogP contribution in [0.2, 0.25) is 0 Å². The van der Waals surface area contributed by atoms with E-state index in [0.717, 1.165) is 0 Å². The summed E-state index contributed by atoms with van der Waals surface area (Å²) in [7, 11) is -3.27. The fourth-order valence-corrected chi connectivity index (χ4v) is 3.37. The van der Waals surface area contributed by atoms with Crippen LogP contribution in [-0.2, 0) is 14.6 Å². The number of alkyl halides is 5. The Morgan fingerprint density at radius 2 is 1.78 bits per heavy atom. The van der Waals surface area contributed by atoms with Crippen LogP contribution in [0, 0.1) is 5.92 Å². The number of rotatable bonds is 3. The molecule has 1 unspecified atom stereocenters. The molecule has 1 amide bonds. The van der Waals surface area contributed by atoms with Crippen LogP contribution >= 0.6 is 0 Å². The number of carbonyl (C=O) groups is 1. The van der Waals surface area contributed by atoms with Gasteiger partial charge in [-0.2, -0.15) is 22.0 Å². The van der Waals surface area contributed by atoms with Crippen molar-refractivity contribution in [3.8, 4) is 0 Å². The summed E-state index contributed by atoms with van der Waals surface area (Å²) < 4.78 is 82.4. The fourth-order valence-electron chi connectivity index (χ4n) is 1.51. The molecule has 0 aromatic carbocycles. The van der Waals surface area contributed by atoms with Gasteiger partial charge in [0.1, 0.15) is 0 Å². The number of halogens is 5. The van der Waals surface area contributed by atoms with Crippen LogP contribution in [0.25, 0.3) is 0 Å². The highest BCUT2D eigenvalue weighted by molar-refractivity contribution is 7.91. The molecule has 1 aliphatic rings. The van der Waals surface area contributed by atoms with Crippen molar-refractivity contribution in [2.45, 2.75) is 18.5 Å². The van der Waals surface area contributed by atoms with Gasteiger partial charge in [0.25, 0.3) is 5.91 Å². The van der Waals surface area contributed by atoms with Gasteiger partial charge in [-0.3, -0.25) is 4.79 Å². The molecule has 1 aliphatic heterocycles. The smallest absolute Gasteiger partial charge is 0.350 e. The van der Waals surface area contributed by atoms with Crippen LogP contribution < -0.4 is 5.32 Å². The average molecular weight is 295 g/mol. The largest absolute Gasteiger partial charge is 0.463 e. The quantitative estimate of drug-likeness (QED) is 0.781. The molecule has 0 bridgehead atoms. The van der Waals surface area contributed by atoms with Crippen LogP contribution in [-0.4, -0.2) is 44.5 Å². The highest BCUT2D eigenvalue weighted by Gasteiger charge is 2.63. The van der Waals surface area contributed by atoms with Crippen molar-refractivity contribution in [1.82, 2.24) is 5.32 Å². The average Bonchev–Trinajstić information content (AvgIpc) is 2.52. The molecule has 0 aliphatic carbocycles. The molecule has 106 valence electrons. The van der Waals surface area contributed by atoms with E-state index in [2.05, 4.69) is 0 Å². The van der Waals surface area contributed by atoms with Crippen LogP contribution in [0.5, 0.6) is 0 Å². The van der Waals surface area contributed by atoms with E-state index in [-0.39, 0.29) is 17.9 Å². The van der Waals surface area contributed by atoms with Crippen molar-refractivity contribution in [3.63, 3.8) is 0 Å². The van der Waals surface area contributed by atoms with Crippen molar-refractivity contribution in [1.29, 1.82) is 0 Å². The van der Waals surface area contributed by atoms with Gasteiger partial charge in [-0.25, -0.2) is 8.42 Å². The summed E-state index contributed by atoms with van der Waals surface area (Å²) in [5, 5.41) is 1.44. The highest BCUT2D eigenvalue weighted by Crippen LogP contribution is 2.35. The molecule has 1 fully saturated rings. The first-order valence-electron chi connectivity index (χ1n) is 4.89. The number of carbonyl (C=O) groups excluding carboxylic acids is 1. The van der Waals surface area contributed by atoms with Crippen LogP contribution in [0.3, 0.4) is 0 Å². The SMILES string of the molecule is O=C(NCC1CCS(=O)(=O)C1)C(F)(F)C(F)(F)F. The van der Waals surface area contributed by atoms with E-state index in [0.29, 0.717) is 0 Å². The third kappa shape index (κ3) is 3.30. The second kappa shape index (κ2) is 4.63. The summed E-state index contributed by atoms with van der Waals surface area (Å²) in [6.07, 6.45) is -5.82. The molecule has 0 spiro atoms. The molecule has 0 aromatic rings. The predicted octanol–water partition coefficient (Wildman–Crippen LogP) is 0.735. The first-order chi connectivity index (χ1) is 7.96. The third-order valence-corrected chi connectivity index (χ3v) is 4.36. The van der Waals surface area contributed by atoms with Gasteiger partial charge in [0.2, 0.25) is 0 Å². The molecule has 0 aromatic heterocycles. The zero-order valence-corrected chi connectivity index (χ0v) is 9.75. The number of nitrogens with one attached hydrogen (secondary N) is 1. The first-order valence-corrected chi connectivity index (χ1v) is 6.71. The van der Waals surface area contributed by atoms with E-state index < -0.39 is 40.3 Å². The number of hydrogen-bond donors (Lipinski definition) is 1. The molecule has 4 nitrogen and oxygen atoms in total. The minimum absolute atomic E-state index is 0.139. The van der Waals surface area contributed by atoms with Crippen molar-refractivity contribution < 1.29 is 35.2 Å². The van der Waals surface area contributed by atoms with Crippen LogP contribution in [0.4, 0.5) is 22.0 Å². The van der Waals surface area contributed by atoms with Gasteiger partial charge < -0.3 is 5.32 Å². The monoisotopic (exact) mass is 295 g/mol. The Hall–Kier alpha value is -0.930. The van der Waals surface area contributed by atoms with Crippen molar-refractivity contribution in [2.24, 2.45) is 5.92 Å². The molecule has 1 saturated heterocycles. The summed E-state index contributed by atoms with van der Waals surface area (Å²) in [6.45, 7) is -0.510. The molecule has 0 saturated carbocycles. The first kappa shape index (κ1) is 15.1. The summed E-state index contributed by atoms with van der Waals surface area (Å²) in [6, 6.07) is 0. The second-order valence-electron chi connectivity index (χ2n) is 4.05. The maximum absolute atomic E-state index is 12.5. The maximum atomic E-state index is 12.5. The van der Waals surface area contributed by atoms with E-state index in [1.807, 2.05) is 0 Å². The summed E-state index contributed by atoms with van der Waals surface area (Å²) in [4.78, 5) is 10.7. The lowest BCUT2D eigenvalue weighted by atomic mass is 10.1. The van der Waals surface area contributed by atoms with E-state index >= 15 is 0 Å². The van der Waals surface area contributed by atoms with Gasteiger partial charge >= 0.3 is 12.1 Å². The predicted molar refractivity (Wildman–Crippen MR) is 50.8 cm³/mol. The van der Waals surface area contributed by atoms with Gasteiger partial charge in [0.05, 0.1) is 11.5 Å². The lowest BCUT2D eigenvalue weighted by Crippen LogP contribution is -2.51. The summed E-state index contributed by atoms with van der Waals surface area (Å²) in [5.41, 5.74) is 0. The standard InChI is InChI=1S/C8H10F5NO3S/c9-7(10,8(11,12)13)6(15)14-3-5-1-2-18(16,17)4-5/h5H,1-4H2,(H,14,15). The van der Waals surface area contributed by atoms with Crippen molar-refractivity contribution in [3.05, 3.63) is 0 Å². The van der Waals surface area contributed by atoms with Crippen molar-refractivity contribution in [2.75, 3.05) is 18.1 Å². The minimum atomic E-state index is -5.96. The molecule has 10 heteroatoms. The number of amides is 1. The zero-order valence-electron chi connectivity index (χ0n) is 8.93.